The highest BCUT2D eigenvalue weighted by Gasteiger charge is 2.21. The summed E-state index contributed by atoms with van der Waals surface area (Å²) in [6.07, 6.45) is 9.51. The van der Waals surface area contributed by atoms with Crippen molar-refractivity contribution in [2.24, 2.45) is 5.92 Å². The van der Waals surface area contributed by atoms with E-state index in [4.69, 9.17) is 4.74 Å². The van der Waals surface area contributed by atoms with Crippen molar-refractivity contribution in [3.8, 4) is 5.75 Å². The quantitative estimate of drug-likeness (QED) is 0.379. The van der Waals surface area contributed by atoms with Gasteiger partial charge in [-0.2, -0.15) is 4.39 Å². The maximum atomic E-state index is 14.6. The Morgan fingerprint density at radius 2 is 1.58 bits per heavy atom. The van der Waals surface area contributed by atoms with Gasteiger partial charge in [0.15, 0.2) is 11.6 Å². The number of benzene rings is 3. The average Bonchev–Trinajstić information content (AvgIpc) is 2.81. The summed E-state index contributed by atoms with van der Waals surface area (Å²) in [5.74, 6) is -0.396. The number of allylic oxidation sites excluding steroid dienone is 2. The van der Waals surface area contributed by atoms with Crippen LogP contribution in [0.25, 0.3) is 10.8 Å². The van der Waals surface area contributed by atoms with E-state index in [1.165, 1.54) is 43.9 Å². The van der Waals surface area contributed by atoms with Crippen LogP contribution >= 0.6 is 0 Å². The van der Waals surface area contributed by atoms with Crippen LogP contribution in [0.2, 0.25) is 0 Å². The van der Waals surface area contributed by atoms with Crippen molar-refractivity contribution in [2.45, 2.75) is 51.4 Å². The van der Waals surface area contributed by atoms with E-state index in [-0.39, 0.29) is 17.1 Å². The lowest BCUT2D eigenvalue weighted by Crippen LogP contribution is -2.11. The van der Waals surface area contributed by atoms with Gasteiger partial charge < -0.3 is 4.74 Å². The molecule has 162 valence electrons. The van der Waals surface area contributed by atoms with Crippen molar-refractivity contribution in [1.82, 2.24) is 0 Å². The SMILES string of the molecule is C/C=C/C1CCC(c2ccc(C(C)c3ccc4cc(OC)c(F)c(F)c4c3)cc2)CC1. The minimum Gasteiger partial charge on any atom is -0.494 e. The Balaban J connectivity index is 1.54. The molecule has 0 spiro atoms. The van der Waals surface area contributed by atoms with E-state index in [1.54, 1.807) is 12.1 Å². The second-order valence-corrected chi connectivity index (χ2v) is 8.71. The molecule has 0 amide bonds. The van der Waals surface area contributed by atoms with Crippen LogP contribution in [-0.4, -0.2) is 7.11 Å². The molecule has 1 fully saturated rings. The Kier molecular flexibility index (Phi) is 6.41. The highest BCUT2D eigenvalue weighted by molar-refractivity contribution is 5.85. The molecule has 0 aliphatic heterocycles. The zero-order chi connectivity index (χ0) is 22.0. The molecule has 0 radical (unpaired) electrons. The molecular formula is C28H30F2O. The Morgan fingerprint density at radius 1 is 0.903 bits per heavy atom. The number of rotatable bonds is 5. The summed E-state index contributed by atoms with van der Waals surface area (Å²) in [6.45, 7) is 4.21. The fourth-order valence-electron chi connectivity index (χ4n) is 4.91. The molecule has 3 aromatic rings. The predicted octanol–water partition coefficient (Wildman–Crippen LogP) is 8.13. The zero-order valence-corrected chi connectivity index (χ0v) is 18.5. The summed E-state index contributed by atoms with van der Waals surface area (Å²) in [4.78, 5) is 0. The number of fused-ring (bicyclic) bond motifs is 1. The molecule has 1 unspecified atom stereocenters. The van der Waals surface area contributed by atoms with Gasteiger partial charge >= 0.3 is 0 Å². The van der Waals surface area contributed by atoms with Crippen molar-refractivity contribution in [3.63, 3.8) is 0 Å². The predicted molar refractivity (Wildman–Crippen MR) is 124 cm³/mol. The first-order valence-electron chi connectivity index (χ1n) is 11.2. The third-order valence-electron chi connectivity index (χ3n) is 6.87. The summed E-state index contributed by atoms with van der Waals surface area (Å²) < 4.78 is 33.7. The molecule has 1 saturated carbocycles. The van der Waals surface area contributed by atoms with E-state index in [1.807, 2.05) is 12.1 Å². The lowest BCUT2D eigenvalue weighted by Gasteiger charge is -2.27. The number of hydrogen-bond acceptors (Lipinski definition) is 1. The molecule has 1 atom stereocenters. The fourth-order valence-corrected chi connectivity index (χ4v) is 4.91. The van der Waals surface area contributed by atoms with Gasteiger partial charge in [-0.1, -0.05) is 55.5 Å². The van der Waals surface area contributed by atoms with E-state index in [0.29, 0.717) is 11.3 Å². The van der Waals surface area contributed by atoms with E-state index < -0.39 is 11.6 Å². The maximum Gasteiger partial charge on any atom is 0.201 e. The van der Waals surface area contributed by atoms with Crippen LogP contribution in [0.1, 0.15) is 68.1 Å². The molecule has 0 heterocycles. The first kappa shape index (κ1) is 21.5. The fraction of sp³-hybridized carbons (Fsp3) is 0.357. The van der Waals surface area contributed by atoms with E-state index in [9.17, 15) is 8.78 Å². The van der Waals surface area contributed by atoms with Gasteiger partial charge in [0.25, 0.3) is 0 Å². The van der Waals surface area contributed by atoms with E-state index in [0.717, 1.165) is 11.5 Å². The van der Waals surface area contributed by atoms with Crippen LogP contribution in [0.15, 0.2) is 60.7 Å². The van der Waals surface area contributed by atoms with Crippen molar-refractivity contribution < 1.29 is 13.5 Å². The summed E-state index contributed by atoms with van der Waals surface area (Å²) in [7, 11) is 1.34. The van der Waals surface area contributed by atoms with Gasteiger partial charge in [0, 0.05) is 11.3 Å². The van der Waals surface area contributed by atoms with Crippen molar-refractivity contribution in [1.29, 1.82) is 0 Å². The van der Waals surface area contributed by atoms with Crippen molar-refractivity contribution in [3.05, 3.63) is 89.0 Å². The molecule has 0 aromatic heterocycles. The molecule has 1 nitrogen and oxygen atoms in total. The van der Waals surface area contributed by atoms with Crippen LogP contribution in [0, 0.1) is 17.6 Å². The number of hydrogen-bond donors (Lipinski definition) is 0. The monoisotopic (exact) mass is 420 g/mol. The molecule has 0 bridgehead atoms. The minimum atomic E-state index is -0.937. The Labute approximate surface area is 183 Å². The third-order valence-corrected chi connectivity index (χ3v) is 6.87. The van der Waals surface area contributed by atoms with Gasteiger partial charge in [-0.05, 0) is 78.7 Å². The molecule has 31 heavy (non-hydrogen) atoms. The van der Waals surface area contributed by atoms with Gasteiger partial charge in [-0.3, -0.25) is 0 Å². The number of halogens is 2. The summed E-state index contributed by atoms with van der Waals surface area (Å²) in [5, 5.41) is 0.924. The normalized spacial score (nSPS) is 20.3. The molecule has 1 aliphatic carbocycles. The van der Waals surface area contributed by atoms with Crippen LogP contribution in [0.5, 0.6) is 5.75 Å². The first-order valence-corrected chi connectivity index (χ1v) is 11.2. The third kappa shape index (κ3) is 4.37. The second-order valence-electron chi connectivity index (χ2n) is 8.71. The lowest BCUT2D eigenvalue weighted by molar-refractivity contribution is 0.374. The summed E-state index contributed by atoms with van der Waals surface area (Å²) >= 11 is 0. The lowest BCUT2D eigenvalue weighted by atomic mass is 9.78. The van der Waals surface area contributed by atoms with Crippen molar-refractivity contribution in [2.75, 3.05) is 7.11 Å². The van der Waals surface area contributed by atoms with Gasteiger partial charge in [-0.15, -0.1) is 0 Å². The van der Waals surface area contributed by atoms with Gasteiger partial charge in [0.2, 0.25) is 5.82 Å². The van der Waals surface area contributed by atoms with Crippen LogP contribution in [0.4, 0.5) is 8.78 Å². The van der Waals surface area contributed by atoms with Crippen LogP contribution in [0.3, 0.4) is 0 Å². The molecule has 4 rings (SSSR count). The topological polar surface area (TPSA) is 9.23 Å². The summed E-state index contributed by atoms with van der Waals surface area (Å²) in [6, 6.07) is 16.0. The smallest absolute Gasteiger partial charge is 0.201 e. The Bertz CT molecular complexity index is 1080. The van der Waals surface area contributed by atoms with Gasteiger partial charge in [-0.25, -0.2) is 4.39 Å². The summed E-state index contributed by atoms with van der Waals surface area (Å²) in [5.41, 5.74) is 3.56. The highest BCUT2D eigenvalue weighted by atomic mass is 19.2. The molecule has 3 heteroatoms. The molecule has 0 N–H and O–H groups in total. The second kappa shape index (κ2) is 9.21. The maximum absolute atomic E-state index is 14.6. The number of ether oxygens (including phenoxy) is 1. The van der Waals surface area contributed by atoms with E-state index in [2.05, 4.69) is 50.3 Å². The van der Waals surface area contributed by atoms with Crippen molar-refractivity contribution >= 4 is 10.8 Å². The minimum absolute atomic E-state index is 0.0684. The molecule has 1 aliphatic rings. The Morgan fingerprint density at radius 3 is 2.23 bits per heavy atom. The highest BCUT2D eigenvalue weighted by Crippen LogP contribution is 2.37. The molecule has 0 saturated heterocycles. The molecule has 3 aromatic carbocycles. The molecular weight excluding hydrogens is 390 g/mol. The van der Waals surface area contributed by atoms with Crippen LogP contribution in [-0.2, 0) is 0 Å². The Hall–Kier alpha value is -2.68. The number of methoxy groups -OCH3 is 1. The zero-order valence-electron chi connectivity index (χ0n) is 18.5. The van der Waals surface area contributed by atoms with E-state index >= 15 is 0 Å². The van der Waals surface area contributed by atoms with Crippen LogP contribution < -0.4 is 4.74 Å². The van der Waals surface area contributed by atoms with Gasteiger partial charge in [0.1, 0.15) is 0 Å². The standard InChI is InChI=1S/C28H30F2O/c1-4-5-19-6-8-21(9-7-19)22-12-10-20(11-13-22)18(2)23-14-15-24-17-26(31-3)28(30)27(29)25(24)16-23/h4-5,10-19,21H,6-9H2,1-3H3/b5-4+. The average molecular weight is 421 g/mol. The first-order chi connectivity index (χ1) is 15.0. The largest absolute Gasteiger partial charge is 0.494 e. The van der Waals surface area contributed by atoms with Gasteiger partial charge in [0.05, 0.1) is 7.11 Å².